The molecule has 1 aromatic heterocycles. The standard InChI is InChI=1S/C19H23ClN4O4/c1-3-24(4-2)12-15-8-9-16(28-15)19(27)23-22-17(25)11-21-18(26)13-6-5-7-14(20)10-13/h5-10H,3-4,11-12H2,1-2H3,(H,21,26)(H,22,25)(H,23,27). The molecule has 0 aliphatic rings. The minimum Gasteiger partial charge on any atom is -0.454 e. The van der Waals surface area contributed by atoms with Crippen LogP contribution in [0.15, 0.2) is 40.8 Å². The normalized spacial score (nSPS) is 10.6. The van der Waals surface area contributed by atoms with Gasteiger partial charge in [0.15, 0.2) is 5.76 Å². The second-order valence-corrected chi connectivity index (χ2v) is 6.36. The molecule has 0 saturated heterocycles. The third-order valence-electron chi connectivity index (χ3n) is 3.97. The maximum absolute atomic E-state index is 12.0. The summed E-state index contributed by atoms with van der Waals surface area (Å²) in [7, 11) is 0. The summed E-state index contributed by atoms with van der Waals surface area (Å²) in [4.78, 5) is 37.9. The Kier molecular flexibility index (Phi) is 8.03. The predicted molar refractivity (Wildman–Crippen MR) is 105 cm³/mol. The summed E-state index contributed by atoms with van der Waals surface area (Å²) in [6, 6.07) is 9.61. The van der Waals surface area contributed by atoms with E-state index in [1.807, 2.05) is 13.8 Å². The number of hydrogen-bond donors (Lipinski definition) is 3. The Morgan fingerprint density at radius 3 is 2.46 bits per heavy atom. The number of benzene rings is 1. The van der Waals surface area contributed by atoms with Crippen LogP contribution >= 0.6 is 11.6 Å². The van der Waals surface area contributed by atoms with Crippen LogP contribution in [0.4, 0.5) is 0 Å². The average molecular weight is 407 g/mol. The van der Waals surface area contributed by atoms with Crippen molar-refractivity contribution in [3.8, 4) is 0 Å². The van der Waals surface area contributed by atoms with E-state index >= 15 is 0 Å². The maximum atomic E-state index is 12.0. The molecule has 2 rings (SSSR count). The van der Waals surface area contributed by atoms with Crippen LogP contribution in [0.1, 0.15) is 40.5 Å². The summed E-state index contributed by atoms with van der Waals surface area (Å²) in [5, 5.41) is 2.86. The van der Waals surface area contributed by atoms with Gasteiger partial charge in [-0.05, 0) is 43.4 Å². The Balaban J connectivity index is 1.77. The fourth-order valence-corrected chi connectivity index (χ4v) is 2.57. The number of furan rings is 1. The average Bonchev–Trinajstić information content (AvgIpc) is 3.17. The Bertz CT molecular complexity index is 833. The van der Waals surface area contributed by atoms with Crippen LogP contribution in [0.25, 0.3) is 0 Å². The lowest BCUT2D eigenvalue weighted by molar-refractivity contribution is -0.120. The molecule has 9 heteroatoms. The van der Waals surface area contributed by atoms with Crippen LogP contribution in [0.5, 0.6) is 0 Å². The lowest BCUT2D eigenvalue weighted by Crippen LogP contribution is -2.46. The molecule has 0 aliphatic heterocycles. The number of amides is 3. The maximum Gasteiger partial charge on any atom is 0.305 e. The first-order valence-corrected chi connectivity index (χ1v) is 9.24. The molecule has 8 nitrogen and oxygen atoms in total. The van der Waals surface area contributed by atoms with Gasteiger partial charge in [-0.1, -0.05) is 31.5 Å². The van der Waals surface area contributed by atoms with Gasteiger partial charge in [-0.3, -0.25) is 30.1 Å². The van der Waals surface area contributed by atoms with Crippen molar-refractivity contribution in [1.29, 1.82) is 0 Å². The molecule has 150 valence electrons. The van der Waals surface area contributed by atoms with Gasteiger partial charge in [-0.25, -0.2) is 0 Å². The third-order valence-corrected chi connectivity index (χ3v) is 4.21. The molecule has 3 amide bonds. The minimum absolute atomic E-state index is 0.0884. The highest BCUT2D eigenvalue weighted by molar-refractivity contribution is 6.31. The molecule has 0 aliphatic carbocycles. The monoisotopic (exact) mass is 406 g/mol. The van der Waals surface area contributed by atoms with Crippen molar-refractivity contribution in [2.45, 2.75) is 20.4 Å². The first kappa shape index (κ1) is 21.5. The highest BCUT2D eigenvalue weighted by Gasteiger charge is 2.14. The zero-order valence-corrected chi connectivity index (χ0v) is 16.5. The van der Waals surface area contributed by atoms with Gasteiger partial charge in [-0.2, -0.15) is 0 Å². The molecular formula is C19H23ClN4O4. The number of carbonyl (C=O) groups is 3. The summed E-state index contributed by atoms with van der Waals surface area (Å²) < 4.78 is 5.49. The van der Waals surface area contributed by atoms with Gasteiger partial charge >= 0.3 is 5.91 Å². The van der Waals surface area contributed by atoms with Crippen LogP contribution < -0.4 is 16.2 Å². The molecule has 2 aromatic rings. The van der Waals surface area contributed by atoms with Gasteiger partial charge < -0.3 is 9.73 Å². The topological polar surface area (TPSA) is 104 Å². The fourth-order valence-electron chi connectivity index (χ4n) is 2.38. The second kappa shape index (κ2) is 10.5. The van der Waals surface area contributed by atoms with Crippen molar-refractivity contribution < 1.29 is 18.8 Å². The SMILES string of the molecule is CCN(CC)Cc1ccc(C(=O)NNC(=O)CNC(=O)c2cccc(Cl)c2)o1. The van der Waals surface area contributed by atoms with Crippen LogP contribution in [0.2, 0.25) is 5.02 Å². The van der Waals surface area contributed by atoms with Crippen LogP contribution in [0.3, 0.4) is 0 Å². The van der Waals surface area contributed by atoms with Gasteiger partial charge in [0.1, 0.15) is 5.76 Å². The predicted octanol–water partition coefficient (Wildman–Crippen LogP) is 1.97. The molecule has 0 atom stereocenters. The van der Waals surface area contributed by atoms with Gasteiger partial charge in [0, 0.05) is 10.6 Å². The molecule has 1 aromatic carbocycles. The van der Waals surface area contributed by atoms with Gasteiger partial charge in [-0.15, -0.1) is 0 Å². The van der Waals surface area contributed by atoms with Crippen LogP contribution in [-0.2, 0) is 11.3 Å². The van der Waals surface area contributed by atoms with Crippen LogP contribution in [-0.4, -0.2) is 42.3 Å². The first-order chi connectivity index (χ1) is 13.4. The molecule has 1 heterocycles. The molecule has 0 radical (unpaired) electrons. The minimum atomic E-state index is -0.585. The fraction of sp³-hybridized carbons (Fsp3) is 0.316. The summed E-state index contributed by atoms with van der Waals surface area (Å²) in [5.41, 5.74) is 4.80. The van der Waals surface area contributed by atoms with Gasteiger partial charge in [0.25, 0.3) is 11.8 Å². The number of hydrazine groups is 1. The van der Waals surface area contributed by atoms with E-state index in [1.54, 1.807) is 30.3 Å². The van der Waals surface area contributed by atoms with Crippen molar-refractivity contribution in [3.63, 3.8) is 0 Å². The van der Waals surface area contributed by atoms with E-state index < -0.39 is 17.7 Å². The highest BCUT2D eigenvalue weighted by Crippen LogP contribution is 2.11. The Hall–Kier alpha value is -2.84. The lowest BCUT2D eigenvalue weighted by atomic mass is 10.2. The van der Waals surface area contributed by atoms with E-state index in [9.17, 15) is 14.4 Å². The van der Waals surface area contributed by atoms with Crippen molar-refractivity contribution in [2.24, 2.45) is 0 Å². The molecule has 0 spiro atoms. The summed E-state index contributed by atoms with van der Waals surface area (Å²) >= 11 is 5.82. The van der Waals surface area contributed by atoms with E-state index in [0.717, 1.165) is 13.1 Å². The summed E-state index contributed by atoms with van der Waals surface area (Å²) in [6.45, 7) is 6.12. The lowest BCUT2D eigenvalue weighted by Gasteiger charge is -2.15. The summed E-state index contributed by atoms with van der Waals surface area (Å²) in [6.07, 6.45) is 0. The van der Waals surface area contributed by atoms with E-state index in [0.29, 0.717) is 22.9 Å². The van der Waals surface area contributed by atoms with Crippen molar-refractivity contribution >= 4 is 29.3 Å². The quantitative estimate of drug-likeness (QED) is 0.581. The molecule has 28 heavy (non-hydrogen) atoms. The van der Waals surface area contributed by atoms with Gasteiger partial charge in [0.2, 0.25) is 0 Å². The number of nitrogens with zero attached hydrogens (tertiary/aromatic N) is 1. The number of carbonyl (C=O) groups excluding carboxylic acids is 3. The Morgan fingerprint density at radius 1 is 1.04 bits per heavy atom. The van der Waals surface area contributed by atoms with E-state index in [4.69, 9.17) is 16.0 Å². The first-order valence-electron chi connectivity index (χ1n) is 8.87. The number of halogens is 1. The molecular weight excluding hydrogens is 384 g/mol. The third kappa shape index (κ3) is 6.40. The van der Waals surface area contributed by atoms with Crippen LogP contribution in [0, 0.1) is 0 Å². The van der Waals surface area contributed by atoms with Crippen molar-refractivity contribution in [3.05, 3.63) is 58.5 Å². The molecule has 0 saturated carbocycles. The Labute approximate surface area is 168 Å². The van der Waals surface area contributed by atoms with E-state index in [-0.39, 0.29) is 12.3 Å². The zero-order chi connectivity index (χ0) is 20.5. The van der Waals surface area contributed by atoms with E-state index in [2.05, 4.69) is 21.1 Å². The van der Waals surface area contributed by atoms with Crippen molar-refractivity contribution in [2.75, 3.05) is 19.6 Å². The number of rotatable bonds is 8. The van der Waals surface area contributed by atoms with Crippen molar-refractivity contribution in [1.82, 2.24) is 21.1 Å². The zero-order valence-electron chi connectivity index (χ0n) is 15.8. The summed E-state index contributed by atoms with van der Waals surface area (Å²) in [5.74, 6) is -0.866. The molecule has 0 bridgehead atoms. The number of hydrogen-bond acceptors (Lipinski definition) is 5. The molecule has 0 fully saturated rings. The Morgan fingerprint density at radius 2 is 1.79 bits per heavy atom. The smallest absolute Gasteiger partial charge is 0.305 e. The number of nitrogens with one attached hydrogen (secondary N) is 3. The highest BCUT2D eigenvalue weighted by atomic mass is 35.5. The molecule has 3 N–H and O–H groups in total. The molecule has 0 unspecified atom stereocenters. The largest absolute Gasteiger partial charge is 0.454 e. The van der Waals surface area contributed by atoms with E-state index in [1.165, 1.54) is 6.07 Å². The second-order valence-electron chi connectivity index (χ2n) is 5.92. The van der Waals surface area contributed by atoms with Gasteiger partial charge in [0.05, 0.1) is 13.1 Å².